The first-order chi connectivity index (χ1) is 11.5. The number of amides is 3. The Labute approximate surface area is 139 Å². The molecule has 0 aliphatic carbocycles. The van der Waals surface area contributed by atoms with Crippen molar-refractivity contribution in [3.05, 3.63) is 59.8 Å². The van der Waals surface area contributed by atoms with Gasteiger partial charge in [-0.1, -0.05) is 12.1 Å². The third-order valence-electron chi connectivity index (χ3n) is 3.48. The van der Waals surface area contributed by atoms with Gasteiger partial charge >= 0.3 is 6.03 Å². The lowest BCUT2D eigenvalue weighted by Gasteiger charge is -2.18. The van der Waals surface area contributed by atoms with E-state index in [0.29, 0.717) is 5.76 Å². The fraction of sp³-hybridized carbons (Fsp3) is 0.294. The van der Waals surface area contributed by atoms with Crippen LogP contribution in [-0.2, 0) is 11.3 Å². The van der Waals surface area contributed by atoms with Gasteiger partial charge in [-0.3, -0.25) is 4.79 Å². The molecule has 2 unspecified atom stereocenters. The van der Waals surface area contributed by atoms with E-state index in [1.165, 1.54) is 18.4 Å². The average Bonchev–Trinajstić information content (AvgIpc) is 3.06. The molecule has 0 aliphatic rings. The molecule has 2 rings (SSSR count). The van der Waals surface area contributed by atoms with Crippen molar-refractivity contribution in [1.29, 1.82) is 0 Å². The molecule has 3 N–H and O–H groups in total. The highest BCUT2D eigenvalue weighted by Gasteiger charge is 2.17. The highest BCUT2D eigenvalue weighted by molar-refractivity contribution is 5.86. The number of rotatable bonds is 6. The zero-order chi connectivity index (χ0) is 17.5. The number of urea groups is 1. The number of hydrogen-bond donors (Lipinski definition) is 3. The second-order valence-corrected chi connectivity index (χ2v) is 5.41. The van der Waals surface area contributed by atoms with Crippen molar-refractivity contribution in [1.82, 2.24) is 16.0 Å². The van der Waals surface area contributed by atoms with E-state index in [-0.39, 0.29) is 24.3 Å². The smallest absolute Gasteiger partial charge is 0.315 e. The van der Waals surface area contributed by atoms with Crippen LogP contribution in [0.5, 0.6) is 0 Å². The second kappa shape index (κ2) is 8.14. The molecule has 0 fully saturated rings. The number of benzene rings is 1. The van der Waals surface area contributed by atoms with Gasteiger partial charge < -0.3 is 20.4 Å². The van der Waals surface area contributed by atoms with Gasteiger partial charge in [-0.25, -0.2) is 9.18 Å². The van der Waals surface area contributed by atoms with Crippen LogP contribution in [-0.4, -0.2) is 18.0 Å². The molecule has 7 heteroatoms. The minimum absolute atomic E-state index is 0.255. The van der Waals surface area contributed by atoms with Gasteiger partial charge in [0.25, 0.3) is 0 Å². The number of halogens is 1. The third kappa shape index (κ3) is 5.12. The van der Waals surface area contributed by atoms with Crippen molar-refractivity contribution >= 4 is 11.9 Å². The number of carbonyl (C=O) groups is 2. The second-order valence-electron chi connectivity index (χ2n) is 5.41. The van der Waals surface area contributed by atoms with Crippen LogP contribution in [0.15, 0.2) is 47.1 Å². The van der Waals surface area contributed by atoms with Gasteiger partial charge in [-0.2, -0.15) is 0 Å². The quantitative estimate of drug-likeness (QED) is 0.759. The average molecular weight is 333 g/mol. The standard InChI is InChI=1S/C17H20FN3O3/c1-11(13-5-7-14(18)8-6-13)20-17(23)21-12(2)16(22)19-10-15-4-3-9-24-15/h3-9,11-12H,10H2,1-2H3,(H,19,22)(H2,20,21,23). The minimum atomic E-state index is -0.708. The summed E-state index contributed by atoms with van der Waals surface area (Å²) in [5, 5.41) is 7.92. The van der Waals surface area contributed by atoms with Gasteiger partial charge in [0.15, 0.2) is 0 Å². The Morgan fingerprint density at radius 3 is 2.46 bits per heavy atom. The van der Waals surface area contributed by atoms with E-state index in [1.807, 2.05) is 0 Å². The molecule has 6 nitrogen and oxygen atoms in total. The van der Waals surface area contributed by atoms with E-state index in [2.05, 4.69) is 16.0 Å². The maximum absolute atomic E-state index is 12.9. The number of hydrogen-bond acceptors (Lipinski definition) is 3. The first-order valence-electron chi connectivity index (χ1n) is 7.58. The first kappa shape index (κ1) is 17.5. The highest BCUT2D eigenvalue weighted by atomic mass is 19.1. The van der Waals surface area contributed by atoms with E-state index >= 15 is 0 Å². The molecule has 3 amide bonds. The molecule has 0 aliphatic heterocycles. The lowest BCUT2D eigenvalue weighted by molar-refractivity contribution is -0.122. The van der Waals surface area contributed by atoms with E-state index in [1.54, 1.807) is 38.1 Å². The van der Waals surface area contributed by atoms with E-state index in [4.69, 9.17) is 4.42 Å². The Kier molecular flexibility index (Phi) is 5.95. The van der Waals surface area contributed by atoms with Gasteiger partial charge in [0.2, 0.25) is 5.91 Å². The van der Waals surface area contributed by atoms with Crippen LogP contribution < -0.4 is 16.0 Å². The predicted molar refractivity (Wildman–Crippen MR) is 86.5 cm³/mol. The van der Waals surface area contributed by atoms with E-state index < -0.39 is 12.1 Å². The maximum atomic E-state index is 12.9. The Morgan fingerprint density at radius 1 is 1.12 bits per heavy atom. The minimum Gasteiger partial charge on any atom is -0.467 e. The SMILES string of the molecule is CC(NC(=O)NC(C)c1ccc(F)cc1)C(=O)NCc1ccco1. The molecule has 0 saturated heterocycles. The monoisotopic (exact) mass is 333 g/mol. The number of furan rings is 1. The molecule has 2 aromatic rings. The molecule has 0 radical (unpaired) electrons. The highest BCUT2D eigenvalue weighted by Crippen LogP contribution is 2.12. The Morgan fingerprint density at radius 2 is 1.83 bits per heavy atom. The molecule has 0 bridgehead atoms. The molecular weight excluding hydrogens is 313 g/mol. The zero-order valence-corrected chi connectivity index (χ0v) is 13.5. The lowest BCUT2D eigenvalue weighted by atomic mass is 10.1. The summed E-state index contributed by atoms with van der Waals surface area (Å²) < 4.78 is 18.0. The van der Waals surface area contributed by atoms with Gasteiger partial charge in [0.1, 0.15) is 17.6 Å². The Bertz CT molecular complexity index is 671. The van der Waals surface area contributed by atoms with E-state index in [9.17, 15) is 14.0 Å². The van der Waals surface area contributed by atoms with Crippen molar-refractivity contribution in [3.63, 3.8) is 0 Å². The molecule has 128 valence electrons. The normalized spacial score (nSPS) is 13.0. The Balaban J connectivity index is 1.77. The number of carbonyl (C=O) groups excluding carboxylic acids is 2. The molecule has 0 spiro atoms. The summed E-state index contributed by atoms with van der Waals surface area (Å²) in [4.78, 5) is 23.9. The zero-order valence-electron chi connectivity index (χ0n) is 13.5. The molecule has 0 saturated carbocycles. The first-order valence-corrected chi connectivity index (χ1v) is 7.58. The predicted octanol–water partition coefficient (Wildman–Crippen LogP) is 2.48. The van der Waals surface area contributed by atoms with Crippen LogP contribution in [0.25, 0.3) is 0 Å². The summed E-state index contributed by atoms with van der Waals surface area (Å²) in [7, 11) is 0. The van der Waals surface area contributed by atoms with Gasteiger partial charge in [0.05, 0.1) is 18.8 Å². The molecule has 2 atom stereocenters. The molecule has 1 aromatic heterocycles. The van der Waals surface area contributed by atoms with Crippen LogP contribution >= 0.6 is 0 Å². The summed E-state index contributed by atoms with van der Waals surface area (Å²) in [6.07, 6.45) is 1.52. The topological polar surface area (TPSA) is 83.4 Å². The molecular formula is C17H20FN3O3. The van der Waals surface area contributed by atoms with Crippen LogP contribution in [0.3, 0.4) is 0 Å². The van der Waals surface area contributed by atoms with Crippen molar-refractivity contribution in [3.8, 4) is 0 Å². The summed E-state index contributed by atoms with van der Waals surface area (Å²) in [5.74, 6) is -0.0295. The van der Waals surface area contributed by atoms with Crippen LogP contribution in [0, 0.1) is 5.82 Å². The molecule has 1 aromatic carbocycles. The van der Waals surface area contributed by atoms with Crippen LogP contribution in [0.1, 0.15) is 31.2 Å². The van der Waals surface area contributed by atoms with E-state index in [0.717, 1.165) is 5.56 Å². The third-order valence-corrected chi connectivity index (χ3v) is 3.48. The Hall–Kier alpha value is -2.83. The summed E-state index contributed by atoms with van der Waals surface area (Å²) in [6, 6.07) is 7.83. The van der Waals surface area contributed by atoms with Crippen molar-refractivity contribution in [2.75, 3.05) is 0 Å². The van der Waals surface area contributed by atoms with Crippen LogP contribution in [0.4, 0.5) is 9.18 Å². The summed E-state index contributed by atoms with van der Waals surface area (Å²) in [6.45, 7) is 3.61. The van der Waals surface area contributed by atoms with Gasteiger partial charge in [-0.05, 0) is 43.7 Å². The van der Waals surface area contributed by atoms with Crippen molar-refractivity contribution < 1.29 is 18.4 Å². The molecule has 1 heterocycles. The van der Waals surface area contributed by atoms with Crippen molar-refractivity contribution in [2.24, 2.45) is 0 Å². The van der Waals surface area contributed by atoms with Crippen LogP contribution in [0.2, 0.25) is 0 Å². The fourth-order valence-electron chi connectivity index (χ4n) is 2.08. The lowest BCUT2D eigenvalue weighted by Crippen LogP contribution is -2.48. The van der Waals surface area contributed by atoms with Crippen molar-refractivity contribution in [2.45, 2.75) is 32.5 Å². The molecule has 24 heavy (non-hydrogen) atoms. The maximum Gasteiger partial charge on any atom is 0.315 e. The van der Waals surface area contributed by atoms with Gasteiger partial charge in [-0.15, -0.1) is 0 Å². The summed E-state index contributed by atoms with van der Waals surface area (Å²) >= 11 is 0. The summed E-state index contributed by atoms with van der Waals surface area (Å²) in [5.41, 5.74) is 0.765. The van der Waals surface area contributed by atoms with Gasteiger partial charge in [0, 0.05) is 0 Å². The number of nitrogens with one attached hydrogen (secondary N) is 3. The largest absolute Gasteiger partial charge is 0.467 e. The fourth-order valence-corrected chi connectivity index (χ4v) is 2.08.